The van der Waals surface area contributed by atoms with E-state index in [1.165, 1.54) is 12.8 Å². The highest BCUT2D eigenvalue weighted by Crippen LogP contribution is 2.15. The van der Waals surface area contributed by atoms with E-state index in [-0.39, 0.29) is 0 Å². The minimum absolute atomic E-state index is 0.632. The number of hydrogen-bond acceptors (Lipinski definition) is 4. The molecule has 1 fully saturated rings. The molecule has 2 unspecified atom stereocenters. The average Bonchev–Trinajstić information content (AvgIpc) is 2.32. The SMILES string of the molecule is COCCN(CCOC)CC1CC(C)CCN1. The molecule has 1 saturated heterocycles. The van der Waals surface area contributed by atoms with E-state index in [0.29, 0.717) is 6.04 Å². The van der Waals surface area contributed by atoms with Crippen LogP contribution in [0, 0.1) is 5.92 Å². The highest BCUT2D eigenvalue weighted by molar-refractivity contribution is 4.79. The van der Waals surface area contributed by atoms with Crippen molar-refractivity contribution in [2.45, 2.75) is 25.8 Å². The lowest BCUT2D eigenvalue weighted by atomic mass is 9.94. The lowest BCUT2D eigenvalue weighted by Gasteiger charge is -2.33. The van der Waals surface area contributed by atoms with Gasteiger partial charge in [0.15, 0.2) is 0 Å². The molecule has 0 aliphatic carbocycles. The summed E-state index contributed by atoms with van der Waals surface area (Å²) in [5.74, 6) is 0.855. The molecule has 1 N–H and O–H groups in total. The molecular weight excluding hydrogens is 216 g/mol. The van der Waals surface area contributed by atoms with E-state index in [2.05, 4.69) is 17.1 Å². The Bertz CT molecular complexity index is 182. The van der Waals surface area contributed by atoms with Gasteiger partial charge in [0.2, 0.25) is 0 Å². The van der Waals surface area contributed by atoms with Crippen molar-refractivity contribution in [2.75, 3.05) is 53.6 Å². The van der Waals surface area contributed by atoms with Crippen molar-refractivity contribution < 1.29 is 9.47 Å². The standard InChI is InChI=1S/C13H28N2O2/c1-12-4-5-14-13(10-12)11-15(6-8-16-2)7-9-17-3/h12-14H,4-11H2,1-3H3. The Morgan fingerprint density at radius 3 is 2.35 bits per heavy atom. The summed E-state index contributed by atoms with van der Waals surface area (Å²) in [6.07, 6.45) is 2.60. The summed E-state index contributed by atoms with van der Waals surface area (Å²) in [7, 11) is 3.52. The Balaban J connectivity index is 2.29. The Hall–Kier alpha value is -0.160. The highest BCUT2D eigenvalue weighted by Gasteiger charge is 2.20. The van der Waals surface area contributed by atoms with Crippen LogP contribution in [0.2, 0.25) is 0 Å². The highest BCUT2D eigenvalue weighted by atomic mass is 16.5. The summed E-state index contributed by atoms with van der Waals surface area (Å²) < 4.78 is 10.3. The van der Waals surface area contributed by atoms with Crippen LogP contribution >= 0.6 is 0 Å². The molecule has 4 heteroatoms. The number of nitrogens with zero attached hydrogens (tertiary/aromatic N) is 1. The Morgan fingerprint density at radius 2 is 1.82 bits per heavy atom. The molecule has 1 aliphatic heterocycles. The first-order valence-corrected chi connectivity index (χ1v) is 6.70. The van der Waals surface area contributed by atoms with Gasteiger partial charge in [-0.1, -0.05) is 6.92 Å². The van der Waals surface area contributed by atoms with Gasteiger partial charge in [0.25, 0.3) is 0 Å². The van der Waals surface area contributed by atoms with Gasteiger partial charge in [0, 0.05) is 39.9 Å². The summed E-state index contributed by atoms with van der Waals surface area (Å²) in [4.78, 5) is 2.43. The summed E-state index contributed by atoms with van der Waals surface area (Å²) in [5, 5.41) is 3.61. The lowest BCUT2D eigenvalue weighted by molar-refractivity contribution is 0.102. The molecule has 0 aromatic carbocycles. The molecule has 1 aliphatic rings. The Kier molecular flexibility index (Phi) is 7.77. The molecule has 17 heavy (non-hydrogen) atoms. The number of methoxy groups -OCH3 is 2. The van der Waals surface area contributed by atoms with Gasteiger partial charge in [-0.2, -0.15) is 0 Å². The van der Waals surface area contributed by atoms with Gasteiger partial charge in [-0.15, -0.1) is 0 Å². The van der Waals surface area contributed by atoms with Crippen molar-refractivity contribution >= 4 is 0 Å². The van der Waals surface area contributed by atoms with Crippen molar-refractivity contribution in [2.24, 2.45) is 5.92 Å². The van der Waals surface area contributed by atoms with Gasteiger partial charge >= 0.3 is 0 Å². The molecule has 1 heterocycles. The van der Waals surface area contributed by atoms with Crippen LogP contribution in [0.3, 0.4) is 0 Å². The molecule has 0 amide bonds. The predicted octanol–water partition coefficient (Wildman–Crippen LogP) is 0.969. The second-order valence-corrected chi connectivity index (χ2v) is 5.07. The number of nitrogens with one attached hydrogen (secondary N) is 1. The third-order valence-electron chi connectivity index (χ3n) is 3.46. The molecule has 0 radical (unpaired) electrons. The minimum Gasteiger partial charge on any atom is -0.383 e. The molecule has 0 bridgehead atoms. The van der Waals surface area contributed by atoms with Crippen molar-refractivity contribution in [1.82, 2.24) is 10.2 Å². The number of ether oxygens (including phenoxy) is 2. The van der Waals surface area contributed by atoms with Crippen molar-refractivity contribution in [3.8, 4) is 0 Å². The van der Waals surface area contributed by atoms with Crippen LogP contribution in [0.15, 0.2) is 0 Å². The maximum atomic E-state index is 5.16. The molecule has 1 rings (SSSR count). The molecule has 0 aromatic heterocycles. The monoisotopic (exact) mass is 244 g/mol. The maximum absolute atomic E-state index is 5.16. The van der Waals surface area contributed by atoms with E-state index in [9.17, 15) is 0 Å². The van der Waals surface area contributed by atoms with Crippen LogP contribution in [-0.4, -0.2) is 64.6 Å². The van der Waals surface area contributed by atoms with Gasteiger partial charge < -0.3 is 14.8 Å². The topological polar surface area (TPSA) is 33.7 Å². The average molecular weight is 244 g/mol. The second-order valence-electron chi connectivity index (χ2n) is 5.07. The number of hydrogen-bond donors (Lipinski definition) is 1. The van der Waals surface area contributed by atoms with Gasteiger partial charge in [0.1, 0.15) is 0 Å². The zero-order chi connectivity index (χ0) is 12.5. The fraction of sp³-hybridized carbons (Fsp3) is 1.00. The second kappa shape index (κ2) is 8.86. The van der Waals surface area contributed by atoms with Crippen LogP contribution in [-0.2, 0) is 9.47 Å². The van der Waals surface area contributed by atoms with Crippen LogP contribution in [0.1, 0.15) is 19.8 Å². The molecule has 102 valence electrons. The van der Waals surface area contributed by atoms with E-state index in [1.54, 1.807) is 14.2 Å². The molecule has 4 nitrogen and oxygen atoms in total. The fourth-order valence-corrected chi connectivity index (χ4v) is 2.41. The van der Waals surface area contributed by atoms with Crippen molar-refractivity contribution in [3.63, 3.8) is 0 Å². The van der Waals surface area contributed by atoms with E-state index >= 15 is 0 Å². The first-order chi connectivity index (χ1) is 8.26. The minimum atomic E-state index is 0.632. The summed E-state index contributed by atoms with van der Waals surface area (Å²) in [6, 6.07) is 0.632. The maximum Gasteiger partial charge on any atom is 0.0589 e. The van der Waals surface area contributed by atoms with Gasteiger partial charge in [-0.25, -0.2) is 0 Å². The van der Waals surface area contributed by atoms with Crippen LogP contribution in [0.25, 0.3) is 0 Å². The zero-order valence-corrected chi connectivity index (χ0v) is 11.6. The third kappa shape index (κ3) is 6.36. The molecule has 2 atom stereocenters. The van der Waals surface area contributed by atoms with Gasteiger partial charge in [0.05, 0.1) is 13.2 Å². The summed E-state index contributed by atoms with van der Waals surface area (Å²) in [5.41, 5.74) is 0. The van der Waals surface area contributed by atoms with E-state index < -0.39 is 0 Å². The molecule has 0 aromatic rings. The zero-order valence-electron chi connectivity index (χ0n) is 11.6. The Labute approximate surface area is 106 Å². The van der Waals surface area contributed by atoms with Crippen LogP contribution < -0.4 is 5.32 Å². The number of piperidine rings is 1. The quantitative estimate of drug-likeness (QED) is 0.690. The first kappa shape index (κ1) is 14.9. The van der Waals surface area contributed by atoms with Gasteiger partial charge in [-0.3, -0.25) is 4.90 Å². The summed E-state index contributed by atoms with van der Waals surface area (Å²) in [6.45, 7) is 8.20. The van der Waals surface area contributed by atoms with E-state index in [4.69, 9.17) is 9.47 Å². The molecular formula is C13H28N2O2. The first-order valence-electron chi connectivity index (χ1n) is 6.70. The normalized spacial score (nSPS) is 25.4. The summed E-state index contributed by atoms with van der Waals surface area (Å²) >= 11 is 0. The van der Waals surface area contributed by atoms with Crippen LogP contribution in [0.4, 0.5) is 0 Å². The van der Waals surface area contributed by atoms with E-state index in [1.807, 2.05) is 0 Å². The fourth-order valence-electron chi connectivity index (χ4n) is 2.41. The predicted molar refractivity (Wildman–Crippen MR) is 70.4 cm³/mol. The molecule has 0 spiro atoms. The number of rotatable bonds is 8. The Morgan fingerprint density at radius 1 is 1.18 bits per heavy atom. The van der Waals surface area contributed by atoms with Crippen LogP contribution in [0.5, 0.6) is 0 Å². The largest absolute Gasteiger partial charge is 0.383 e. The van der Waals surface area contributed by atoms with Crippen molar-refractivity contribution in [1.29, 1.82) is 0 Å². The van der Waals surface area contributed by atoms with E-state index in [0.717, 1.165) is 45.3 Å². The smallest absolute Gasteiger partial charge is 0.0589 e. The van der Waals surface area contributed by atoms with Crippen molar-refractivity contribution in [3.05, 3.63) is 0 Å². The third-order valence-corrected chi connectivity index (χ3v) is 3.46. The molecule has 0 saturated carbocycles. The lowest BCUT2D eigenvalue weighted by Crippen LogP contribution is -2.47. The van der Waals surface area contributed by atoms with Gasteiger partial charge in [-0.05, 0) is 25.3 Å².